The summed E-state index contributed by atoms with van der Waals surface area (Å²) >= 11 is 6.03. The van der Waals surface area contributed by atoms with E-state index in [0.717, 1.165) is 27.5 Å². The molecule has 6 aromatic rings. The standard InChI is InChI=1S/C41H32ClN/c1-31-20-27-37(28-21-31)43(30-40(33-13-4-2-5-14-33)34-15-6-3-7-16-34)41-29-24-35(38-18-10-11-19-39(38)41)17-9-8-12-32-22-25-36(42)26-23-32/h2-30H,1H3. The van der Waals surface area contributed by atoms with Crippen LogP contribution in [0.25, 0.3) is 28.5 Å². The normalized spacial score (nSPS) is 11.3. The van der Waals surface area contributed by atoms with E-state index in [1.165, 1.54) is 33.0 Å². The fraction of sp³-hybridized carbons (Fsp3) is 0.0244. The second-order valence-electron chi connectivity index (χ2n) is 10.5. The molecule has 0 aromatic heterocycles. The summed E-state index contributed by atoms with van der Waals surface area (Å²) in [6.45, 7) is 2.13. The second kappa shape index (κ2) is 13.2. The number of hydrogen-bond donors (Lipinski definition) is 0. The van der Waals surface area contributed by atoms with Gasteiger partial charge < -0.3 is 4.90 Å². The van der Waals surface area contributed by atoms with Crippen LogP contribution in [0, 0.1) is 6.92 Å². The maximum absolute atomic E-state index is 6.03. The van der Waals surface area contributed by atoms with E-state index in [0.29, 0.717) is 0 Å². The predicted octanol–water partition coefficient (Wildman–Crippen LogP) is 11.8. The molecule has 43 heavy (non-hydrogen) atoms. The van der Waals surface area contributed by atoms with Gasteiger partial charge in [0.1, 0.15) is 0 Å². The van der Waals surface area contributed by atoms with Crippen LogP contribution in [0.3, 0.4) is 0 Å². The molecular weight excluding hydrogens is 542 g/mol. The number of halogens is 1. The van der Waals surface area contributed by atoms with Crippen molar-refractivity contribution < 1.29 is 0 Å². The molecule has 6 rings (SSSR count). The first-order valence-electron chi connectivity index (χ1n) is 14.5. The molecule has 1 nitrogen and oxygen atoms in total. The predicted molar refractivity (Wildman–Crippen MR) is 187 cm³/mol. The van der Waals surface area contributed by atoms with Crippen LogP contribution in [0.4, 0.5) is 11.4 Å². The molecule has 0 spiro atoms. The van der Waals surface area contributed by atoms with Gasteiger partial charge in [-0.1, -0.05) is 157 Å². The zero-order valence-corrected chi connectivity index (χ0v) is 24.8. The van der Waals surface area contributed by atoms with E-state index in [1.54, 1.807) is 0 Å². The molecule has 0 amide bonds. The lowest BCUT2D eigenvalue weighted by Gasteiger charge is -2.25. The molecule has 0 unspecified atom stereocenters. The summed E-state index contributed by atoms with van der Waals surface area (Å²) in [5.74, 6) is 0. The van der Waals surface area contributed by atoms with Crippen LogP contribution in [-0.4, -0.2) is 0 Å². The molecule has 2 heteroatoms. The SMILES string of the molecule is Cc1ccc(N(C=C(c2ccccc2)c2ccccc2)c2ccc(C=CC=Cc3ccc(Cl)cc3)c3ccccc23)cc1. The van der Waals surface area contributed by atoms with Crippen LogP contribution in [0.2, 0.25) is 5.02 Å². The Morgan fingerprint density at radius 3 is 1.79 bits per heavy atom. The fourth-order valence-electron chi connectivity index (χ4n) is 5.23. The van der Waals surface area contributed by atoms with Gasteiger partial charge in [0, 0.05) is 27.9 Å². The van der Waals surface area contributed by atoms with E-state index in [-0.39, 0.29) is 0 Å². The van der Waals surface area contributed by atoms with Crippen molar-refractivity contribution in [2.75, 3.05) is 4.90 Å². The van der Waals surface area contributed by atoms with Crippen molar-refractivity contribution in [3.8, 4) is 0 Å². The van der Waals surface area contributed by atoms with Gasteiger partial charge in [0.25, 0.3) is 0 Å². The van der Waals surface area contributed by atoms with Gasteiger partial charge in [-0.25, -0.2) is 0 Å². The zero-order valence-electron chi connectivity index (χ0n) is 24.1. The Kier molecular flexibility index (Phi) is 8.64. The largest absolute Gasteiger partial charge is 0.316 e. The second-order valence-corrected chi connectivity index (χ2v) is 10.9. The minimum absolute atomic E-state index is 0.744. The van der Waals surface area contributed by atoms with Crippen molar-refractivity contribution >= 4 is 51.5 Å². The van der Waals surface area contributed by atoms with E-state index in [9.17, 15) is 0 Å². The molecule has 6 aromatic carbocycles. The highest BCUT2D eigenvalue weighted by Crippen LogP contribution is 2.37. The third-order valence-corrected chi connectivity index (χ3v) is 7.73. The molecular formula is C41H32ClN. The van der Waals surface area contributed by atoms with Gasteiger partial charge in [-0.3, -0.25) is 0 Å². The van der Waals surface area contributed by atoms with Crippen molar-refractivity contribution in [3.05, 3.63) is 197 Å². The lowest BCUT2D eigenvalue weighted by atomic mass is 9.97. The number of aryl methyl sites for hydroxylation is 1. The van der Waals surface area contributed by atoms with Crippen LogP contribution in [-0.2, 0) is 0 Å². The Hall–Kier alpha value is -5.11. The maximum Gasteiger partial charge on any atom is 0.0534 e. The van der Waals surface area contributed by atoms with Gasteiger partial charge in [0.2, 0.25) is 0 Å². The Balaban J connectivity index is 1.47. The quantitative estimate of drug-likeness (QED) is 0.164. The van der Waals surface area contributed by atoms with Crippen molar-refractivity contribution in [1.29, 1.82) is 0 Å². The van der Waals surface area contributed by atoms with E-state index < -0.39 is 0 Å². The monoisotopic (exact) mass is 573 g/mol. The summed E-state index contributed by atoms with van der Waals surface area (Å²) in [4.78, 5) is 2.32. The Morgan fingerprint density at radius 1 is 0.558 bits per heavy atom. The van der Waals surface area contributed by atoms with Crippen LogP contribution in [0.1, 0.15) is 27.8 Å². The number of anilines is 2. The number of rotatable bonds is 8. The Morgan fingerprint density at radius 2 is 1.14 bits per heavy atom. The molecule has 0 bridgehead atoms. The van der Waals surface area contributed by atoms with Crippen LogP contribution >= 0.6 is 11.6 Å². The van der Waals surface area contributed by atoms with Gasteiger partial charge in [-0.15, -0.1) is 0 Å². The number of allylic oxidation sites excluding steroid dienone is 2. The van der Waals surface area contributed by atoms with Crippen LogP contribution < -0.4 is 4.90 Å². The highest BCUT2D eigenvalue weighted by molar-refractivity contribution is 6.30. The average Bonchev–Trinajstić information content (AvgIpc) is 3.06. The van der Waals surface area contributed by atoms with E-state index in [4.69, 9.17) is 11.6 Å². The smallest absolute Gasteiger partial charge is 0.0534 e. The molecule has 0 saturated carbocycles. The van der Waals surface area contributed by atoms with Crippen molar-refractivity contribution in [2.45, 2.75) is 6.92 Å². The first-order chi connectivity index (χ1) is 21.2. The molecule has 0 N–H and O–H groups in total. The van der Waals surface area contributed by atoms with Gasteiger partial charge in [-0.05, 0) is 64.9 Å². The lowest BCUT2D eigenvalue weighted by Crippen LogP contribution is -2.11. The summed E-state index contributed by atoms with van der Waals surface area (Å²) in [6, 6.07) is 50.9. The average molecular weight is 574 g/mol. The number of hydrogen-bond acceptors (Lipinski definition) is 1. The van der Waals surface area contributed by atoms with Gasteiger partial charge in [0.05, 0.1) is 5.69 Å². The van der Waals surface area contributed by atoms with E-state index in [2.05, 4.69) is 164 Å². The van der Waals surface area contributed by atoms with Gasteiger partial charge >= 0.3 is 0 Å². The van der Waals surface area contributed by atoms with Crippen molar-refractivity contribution in [3.63, 3.8) is 0 Å². The topological polar surface area (TPSA) is 3.24 Å². The Labute approximate surface area is 259 Å². The van der Waals surface area contributed by atoms with Crippen LogP contribution in [0.15, 0.2) is 164 Å². The molecule has 208 valence electrons. The molecule has 0 saturated heterocycles. The number of fused-ring (bicyclic) bond motifs is 1. The van der Waals surface area contributed by atoms with Gasteiger partial charge in [-0.2, -0.15) is 0 Å². The molecule has 0 heterocycles. The third kappa shape index (κ3) is 6.70. The lowest BCUT2D eigenvalue weighted by molar-refractivity contribution is 1.28. The zero-order chi connectivity index (χ0) is 29.4. The van der Waals surface area contributed by atoms with E-state index in [1.807, 2.05) is 24.3 Å². The van der Waals surface area contributed by atoms with Crippen molar-refractivity contribution in [1.82, 2.24) is 0 Å². The van der Waals surface area contributed by atoms with Gasteiger partial charge in [0.15, 0.2) is 0 Å². The molecule has 0 aliphatic carbocycles. The summed E-state index contributed by atoms with van der Waals surface area (Å²) in [5.41, 5.74) is 9.23. The Bertz CT molecular complexity index is 1860. The molecule has 0 aliphatic rings. The minimum atomic E-state index is 0.744. The fourth-order valence-corrected chi connectivity index (χ4v) is 5.36. The molecule has 0 radical (unpaired) electrons. The molecule has 0 fully saturated rings. The number of nitrogens with zero attached hydrogens (tertiary/aromatic N) is 1. The third-order valence-electron chi connectivity index (χ3n) is 7.48. The highest BCUT2D eigenvalue weighted by atomic mass is 35.5. The van der Waals surface area contributed by atoms with Crippen LogP contribution in [0.5, 0.6) is 0 Å². The molecule has 0 atom stereocenters. The maximum atomic E-state index is 6.03. The van der Waals surface area contributed by atoms with Crippen molar-refractivity contribution in [2.24, 2.45) is 0 Å². The molecule has 0 aliphatic heterocycles. The summed E-state index contributed by atoms with van der Waals surface area (Å²) in [6.07, 6.45) is 10.7. The minimum Gasteiger partial charge on any atom is -0.316 e. The summed E-state index contributed by atoms with van der Waals surface area (Å²) in [7, 11) is 0. The van der Waals surface area contributed by atoms with E-state index >= 15 is 0 Å². The highest BCUT2D eigenvalue weighted by Gasteiger charge is 2.15. The number of benzene rings is 6. The first kappa shape index (κ1) is 28.0. The summed E-state index contributed by atoms with van der Waals surface area (Å²) < 4.78 is 0. The first-order valence-corrected chi connectivity index (χ1v) is 14.8. The summed E-state index contributed by atoms with van der Waals surface area (Å²) in [5, 5.41) is 3.12.